The summed E-state index contributed by atoms with van der Waals surface area (Å²) in [4.78, 5) is 12.4. The van der Waals surface area contributed by atoms with Crippen LogP contribution in [-0.4, -0.2) is 40.6 Å². The fraction of sp³-hybridized carbons (Fsp3) is 0.278. The van der Waals surface area contributed by atoms with Gasteiger partial charge in [0.2, 0.25) is 5.91 Å². The molecule has 0 bridgehead atoms. The highest BCUT2D eigenvalue weighted by atomic mass is 32.2. The molecule has 6 nitrogen and oxygen atoms in total. The van der Waals surface area contributed by atoms with E-state index in [2.05, 4.69) is 5.32 Å². The first-order valence-corrected chi connectivity index (χ1v) is 9.40. The van der Waals surface area contributed by atoms with E-state index in [4.69, 9.17) is 4.74 Å². The lowest BCUT2D eigenvalue weighted by Gasteiger charge is -2.25. The summed E-state index contributed by atoms with van der Waals surface area (Å²) in [5.74, 6) is -0.984. The molecule has 8 heteroatoms. The summed E-state index contributed by atoms with van der Waals surface area (Å²) >= 11 is 0. The van der Waals surface area contributed by atoms with E-state index in [1.165, 1.54) is 31.4 Å². The van der Waals surface area contributed by atoms with Gasteiger partial charge in [0.15, 0.2) is 0 Å². The third kappa shape index (κ3) is 5.03. The second-order valence-electron chi connectivity index (χ2n) is 5.73. The maximum absolute atomic E-state index is 13.2. The van der Waals surface area contributed by atoms with Crippen molar-refractivity contribution < 1.29 is 22.3 Å². The standard InChI is InChI=1S/C18H21FN2O4S/c1-14(13-25-2)20-18(22)12-21(16-10-8-15(19)9-11-16)26(23,24)17-6-4-3-5-7-17/h3-11,14H,12-13H2,1-2H3,(H,20,22)/t14-/m1/s1. The summed E-state index contributed by atoms with van der Waals surface area (Å²) in [6, 6.07) is 12.4. The zero-order valence-corrected chi connectivity index (χ0v) is 15.4. The molecule has 0 fully saturated rings. The van der Waals surface area contributed by atoms with Crippen molar-refractivity contribution in [1.82, 2.24) is 5.32 Å². The number of amides is 1. The Balaban J connectivity index is 2.34. The van der Waals surface area contributed by atoms with Crippen molar-refractivity contribution in [1.29, 1.82) is 0 Å². The Morgan fingerprint density at radius 1 is 1.15 bits per heavy atom. The van der Waals surface area contributed by atoms with Gasteiger partial charge in [-0.25, -0.2) is 12.8 Å². The number of carbonyl (C=O) groups is 1. The van der Waals surface area contributed by atoms with Crippen molar-refractivity contribution in [3.63, 3.8) is 0 Å². The zero-order valence-electron chi connectivity index (χ0n) is 14.6. The summed E-state index contributed by atoms with van der Waals surface area (Å²) < 4.78 is 45.1. The van der Waals surface area contributed by atoms with Gasteiger partial charge in [-0.15, -0.1) is 0 Å². The maximum Gasteiger partial charge on any atom is 0.264 e. The Morgan fingerprint density at radius 3 is 2.35 bits per heavy atom. The summed E-state index contributed by atoms with van der Waals surface area (Å²) in [6.45, 7) is 1.61. The number of methoxy groups -OCH3 is 1. The van der Waals surface area contributed by atoms with E-state index in [0.29, 0.717) is 6.61 Å². The molecule has 0 aliphatic rings. The second kappa shape index (κ2) is 8.77. The molecule has 2 aromatic rings. The molecule has 0 saturated carbocycles. The number of hydrogen-bond donors (Lipinski definition) is 1. The number of nitrogens with one attached hydrogen (secondary N) is 1. The minimum Gasteiger partial charge on any atom is -0.383 e. The third-order valence-electron chi connectivity index (χ3n) is 3.56. The lowest BCUT2D eigenvalue weighted by Crippen LogP contribution is -2.44. The molecule has 0 saturated heterocycles. The van der Waals surface area contributed by atoms with E-state index in [9.17, 15) is 17.6 Å². The lowest BCUT2D eigenvalue weighted by molar-refractivity contribution is -0.120. The van der Waals surface area contributed by atoms with Crippen molar-refractivity contribution >= 4 is 21.6 Å². The van der Waals surface area contributed by atoms with Gasteiger partial charge in [0, 0.05) is 13.2 Å². The van der Waals surface area contributed by atoms with Crippen LogP contribution in [0.2, 0.25) is 0 Å². The zero-order chi connectivity index (χ0) is 19.2. The smallest absolute Gasteiger partial charge is 0.264 e. The third-order valence-corrected chi connectivity index (χ3v) is 5.35. The maximum atomic E-state index is 13.2. The molecule has 0 heterocycles. The molecule has 1 amide bonds. The van der Waals surface area contributed by atoms with Gasteiger partial charge < -0.3 is 10.1 Å². The normalized spacial score (nSPS) is 12.4. The molecular formula is C18H21FN2O4S. The van der Waals surface area contributed by atoms with Crippen LogP contribution in [0.3, 0.4) is 0 Å². The highest BCUT2D eigenvalue weighted by Gasteiger charge is 2.27. The van der Waals surface area contributed by atoms with Gasteiger partial charge in [-0.1, -0.05) is 18.2 Å². The molecule has 0 aliphatic heterocycles. The van der Waals surface area contributed by atoms with Gasteiger partial charge in [0.05, 0.1) is 17.2 Å². The molecule has 0 radical (unpaired) electrons. The number of rotatable bonds is 8. The van der Waals surface area contributed by atoms with Crippen LogP contribution in [0.4, 0.5) is 10.1 Å². The van der Waals surface area contributed by atoms with Gasteiger partial charge in [0.25, 0.3) is 10.0 Å². The first-order chi connectivity index (χ1) is 12.3. The predicted octanol–water partition coefficient (Wildman–Crippen LogP) is 2.17. The summed E-state index contributed by atoms with van der Waals surface area (Å²) in [6.07, 6.45) is 0. The Morgan fingerprint density at radius 2 is 1.77 bits per heavy atom. The van der Waals surface area contributed by atoms with E-state index in [-0.39, 0.29) is 16.6 Å². The molecule has 0 unspecified atom stereocenters. The number of ether oxygens (including phenoxy) is 1. The Labute approximate surface area is 152 Å². The van der Waals surface area contributed by atoms with E-state index < -0.39 is 28.3 Å². The number of benzene rings is 2. The van der Waals surface area contributed by atoms with E-state index in [0.717, 1.165) is 16.4 Å². The van der Waals surface area contributed by atoms with Gasteiger partial charge in [0.1, 0.15) is 12.4 Å². The van der Waals surface area contributed by atoms with Crippen LogP contribution in [0.25, 0.3) is 0 Å². The molecule has 1 N–H and O–H groups in total. The fourth-order valence-corrected chi connectivity index (χ4v) is 3.83. The fourth-order valence-electron chi connectivity index (χ4n) is 2.38. The molecule has 0 aliphatic carbocycles. The molecule has 140 valence electrons. The predicted molar refractivity (Wildman–Crippen MR) is 96.9 cm³/mol. The Hall–Kier alpha value is -2.45. The van der Waals surface area contributed by atoms with Crippen molar-refractivity contribution in [3.8, 4) is 0 Å². The van der Waals surface area contributed by atoms with Crippen LogP contribution >= 0.6 is 0 Å². The van der Waals surface area contributed by atoms with Gasteiger partial charge in [-0.2, -0.15) is 0 Å². The first kappa shape index (κ1) is 19.9. The average molecular weight is 380 g/mol. The molecule has 2 rings (SSSR count). The second-order valence-corrected chi connectivity index (χ2v) is 7.59. The van der Waals surface area contributed by atoms with Crippen LogP contribution in [0.1, 0.15) is 6.92 Å². The molecule has 0 aromatic heterocycles. The van der Waals surface area contributed by atoms with Crippen LogP contribution < -0.4 is 9.62 Å². The number of carbonyl (C=O) groups excluding carboxylic acids is 1. The highest BCUT2D eigenvalue weighted by Crippen LogP contribution is 2.23. The van der Waals surface area contributed by atoms with Crippen LogP contribution in [-0.2, 0) is 19.6 Å². The molecule has 0 spiro atoms. The SMILES string of the molecule is COC[C@@H](C)NC(=O)CN(c1ccc(F)cc1)S(=O)(=O)c1ccccc1. The molecule has 26 heavy (non-hydrogen) atoms. The van der Waals surface area contributed by atoms with Crippen molar-refractivity contribution in [2.75, 3.05) is 24.6 Å². The van der Waals surface area contributed by atoms with Gasteiger partial charge >= 0.3 is 0 Å². The minimum absolute atomic E-state index is 0.0436. The van der Waals surface area contributed by atoms with E-state index in [1.54, 1.807) is 25.1 Å². The van der Waals surface area contributed by atoms with Crippen LogP contribution in [0.15, 0.2) is 59.5 Å². The quantitative estimate of drug-likeness (QED) is 0.762. The first-order valence-electron chi connectivity index (χ1n) is 7.96. The average Bonchev–Trinajstić information content (AvgIpc) is 2.61. The van der Waals surface area contributed by atoms with Crippen LogP contribution in [0.5, 0.6) is 0 Å². The van der Waals surface area contributed by atoms with Crippen molar-refractivity contribution in [2.45, 2.75) is 17.9 Å². The van der Waals surface area contributed by atoms with Crippen LogP contribution in [0, 0.1) is 5.82 Å². The number of nitrogens with zero attached hydrogens (tertiary/aromatic N) is 1. The summed E-state index contributed by atoms with van der Waals surface area (Å²) in [7, 11) is -2.48. The molecule has 2 aromatic carbocycles. The van der Waals surface area contributed by atoms with E-state index in [1.807, 2.05) is 0 Å². The minimum atomic E-state index is -3.99. The van der Waals surface area contributed by atoms with Crippen molar-refractivity contribution in [2.24, 2.45) is 0 Å². The van der Waals surface area contributed by atoms with Crippen molar-refractivity contribution in [3.05, 3.63) is 60.4 Å². The molecule has 1 atom stereocenters. The number of hydrogen-bond acceptors (Lipinski definition) is 4. The van der Waals surface area contributed by atoms with E-state index >= 15 is 0 Å². The summed E-state index contributed by atoms with van der Waals surface area (Å²) in [5, 5.41) is 2.67. The largest absolute Gasteiger partial charge is 0.383 e. The Kier molecular flexibility index (Phi) is 6.70. The monoisotopic (exact) mass is 380 g/mol. The Bertz CT molecular complexity index is 826. The topological polar surface area (TPSA) is 75.7 Å². The van der Waals surface area contributed by atoms with Gasteiger partial charge in [-0.05, 0) is 43.3 Å². The van der Waals surface area contributed by atoms with Gasteiger partial charge in [-0.3, -0.25) is 9.10 Å². The number of sulfonamides is 1. The number of anilines is 1. The number of halogens is 1. The highest BCUT2D eigenvalue weighted by molar-refractivity contribution is 7.92. The lowest BCUT2D eigenvalue weighted by atomic mass is 10.3. The molecular weight excluding hydrogens is 359 g/mol. The summed E-state index contributed by atoms with van der Waals surface area (Å²) in [5.41, 5.74) is 0.199.